The van der Waals surface area contributed by atoms with Gasteiger partial charge in [0.25, 0.3) is 0 Å². The molecule has 0 aromatic heterocycles. The molecule has 0 spiro atoms. The Kier molecular flexibility index (Phi) is 3.84. The largest absolute Gasteiger partial charge is 0.480 e. The van der Waals surface area contributed by atoms with Gasteiger partial charge >= 0.3 is 12.1 Å². The van der Waals surface area contributed by atoms with E-state index in [-0.39, 0.29) is 18.9 Å². The van der Waals surface area contributed by atoms with E-state index < -0.39 is 24.1 Å². The Hall–Kier alpha value is -0.780. The fourth-order valence-electron chi connectivity index (χ4n) is 3.25. The van der Waals surface area contributed by atoms with E-state index in [1.54, 1.807) is 4.90 Å². The van der Waals surface area contributed by atoms with E-state index in [0.717, 1.165) is 6.42 Å². The van der Waals surface area contributed by atoms with Crippen LogP contribution in [0.5, 0.6) is 0 Å². The highest BCUT2D eigenvalue weighted by Crippen LogP contribution is 2.40. The van der Waals surface area contributed by atoms with Crippen molar-refractivity contribution in [1.29, 1.82) is 0 Å². The summed E-state index contributed by atoms with van der Waals surface area (Å²) in [7, 11) is 0. The standard InChI is InChI=1S/C12H18F3NO2/c13-12(14,15)8-3-1-4-9(7-8)16-6-2-5-10(16)11(17)18/h8-10H,1-7H2,(H,17,18). The lowest BCUT2D eigenvalue weighted by Gasteiger charge is -2.37. The van der Waals surface area contributed by atoms with Gasteiger partial charge in [-0.1, -0.05) is 6.42 Å². The van der Waals surface area contributed by atoms with Crippen molar-refractivity contribution in [2.24, 2.45) is 5.92 Å². The zero-order valence-corrected chi connectivity index (χ0v) is 10.1. The van der Waals surface area contributed by atoms with Crippen LogP contribution in [0.3, 0.4) is 0 Å². The summed E-state index contributed by atoms with van der Waals surface area (Å²) in [6.07, 6.45) is -1.34. The molecule has 0 amide bonds. The lowest BCUT2D eigenvalue weighted by atomic mass is 9.84. The van der Waals surface area contributed by atoms with Gasteiger partial charge in [-0.3, -0.25) is 9.69 Å². The number of alkyl halides is 3. The van der Waals surface area contributed by atoms with E-state index >= 15 is 0 Å². The number of halogens is 3. The van der Waals surface area contributed by atoms with E-state index in [2.05, 4.69) is 0 Å². The van der Waals surface area contributed by atoms with Gasteiger partial charge in [0.15, 0.2) is 0 Å². The van der Waals surface area contributed by atoms with Crippen molar-refractivity contribution in [3.05, 3.63) is 0 Å². The molecule has 1 saturated heterocycles. The van der Waals surface area contributed by atoms with Gasteiger partial charge in [0.1, 0.15) is 6.04 Å². The summed E-state index contributed by atoms with van der Waals surface area (Å²) < 4.78 is 38.2. The lowest BCUT2D eigenvalue weighted by Crippen LogP contribution is -2.46. The Morgan fingerprint density at radius 2 is 1.89 bits per heavy atom. The second-order valence-electron chi connectivity index (χ2n) is 5.29. The molecule has 18 heavy (non-hydrogen) atoms. The van der Waals surface area contributed by atoms with Crippen LogP contribution in [0.15, 0.2) is 0 Å². The van der Waals surface area contributed by atoms with Gasteiger partial charge in [-0.25, -0.2) is 0 Å². The fourth-order valence-corrected chi connectivity index (χ4v) is 3.25. The second-order valence-corrected chi connectivity index (χ2v) is 5.29. The molecule has 3 atom stereocenters. The molecule has 104 valence electrons. The molecule has 0 bridgehead atoms. The van der Waals surface area contributed by atoms with Crippen molar-refractivity contribution in [3.8, 4) is 0 Å². The molecule has 6 heteroatoms. The molecule has 1 N–H and O–H groups in total. The number of hydrogen-bond donors (Lipinski definition) is 1. The molecule has 2 rings (SSSR count). The van der Waals surface area contributed by atoms with Gasteiger partial charge in [-0.15, -0.1) is 0 Å². The molecule has 1 aliphatic carbocycles. The SMILES string of the molecule is O=C(O)C1CCCN1C1CCCC(C(F)(F)F)C1. The molecule has 1 saturated carbocycles. The quantitative estimate of drug-likeness (QED) is 0.834. The molecule has 1 heterocycles. The minimum Gasteiger partial charge on any atom is -0.480 e. The van der Waals surface area contributed by atoms with Gasteiger partial charge in [0.05, 0.1) is 5.92 Å². The lowest BCUT2D eigenvalue weighted by molar-refractivity contribution is -0.187. The van der Waals surface area contributed by atoms with Crippen LogP contribution in [0, 0.1) is 5.92 Å². The number of carbonyl (C=O) groups is 1. The van der Waals surface area contributed by atoms with E-state index in [1.807, 2.05) is 0 Å². The van der Waals surface area contributed by atoms with Gasteiger partial charge < -0.3 is 5.11 Å². The number of carboxylic acids is 1. The number of aliphatic carboxylic acids is 1. The zero-order valence-electron chi connectivity index (χ0n) is 10.1. The van der Waals surface area contributed by atoms with Crippen LogP contribution in [-0.2, 0) is 4.79 Å². The maximum atomic E-state index is 12.7. The topological polar surface area (TPSA) is 40.5 Å². The summed E-state index contributed by atoms with van der Waals surface area (Å²) in [4.78, 5) is 12.8. The van der Waals surface area contributed by atoms with Crippen LogP contribution in [-0.4, -0.2) is 40.8 Å². The van der Waals surface area contributed by atoms with E-state index in [1.165, 1.54) is 0 Å². The smallest absolute Gasteiger partial charge is 0.391 e. The van der Waals surface area contributed by atoms with Crippen molar-refractivity contribution in [2.45, 2.75) is 56.8 Å². The molecule has 2 fully saturated rings. The molecule has 2 aliphatic rings. The average Bonchev–Trinajstić information content (AvgIpc) is 2.77. The van der Waals surface area contributed by atoms with Crippen LogP contribution < -0.4 is 0 Å². The van der Waals surface area contributed by atoms with Crippen molar-refractivity contribution >= 4 is 5.97 Å². The number of nitrogens with zero attached hydrogens (tertiary/aromatic N) is 1. The minimum absolute atomic E-state index is 0.0628. The summed E-state index contributed by atoms with van der Waals surface area (Å²) in [5, 5.41) is 9.08. The molecular weight excluding hydrogens is 247 g/mol. The van der Waals surface area contributed by atoms with Gasteiger partial charge in [-0.2, -0.15) is 13.2 Å². The highest BCUT2D eigenvalue weighted by molar-refractivity contribution is 5.73. The summed E-state index contributed by atoms with van der Waals surface area (Å²) in [5.74, 6) is -2.16. The number of hydrogen-bond acceptors (Lipinski definition) is 2. The average molecular weight is 265 g/mol. The van der Waals surface area contributed by atoms with E-state index in [4.69, 9.17) is 5.11 Å². The highest BCUT2D eigenvalue weighted by Gasteiger charge is 2.45. The first-order valence-electron chi connectivity index (χ1n) is 6.45. The Morgan fingerprint density at radius 3 is 2.50 bits per heavy atom. The molecule has 0 radical (unpaired) electrons. The summed E-state index contributed by atoms with van der Waals surface area (Å²) >= 11 is 0. The zero-order chi connectivity index (χ0) is 13.3. The Labute approximate surface area is 104 Å². The molecule has 0 aromatic rings. The van der Waals surface area contributed by atoms with E-state index in [0.29, 0.717) is 25.8 Å². The number of carboxylic acid groups (broad SMARTS) is 1. The normalized spacial score (nSPS) is 34.7. The maximum absolute atomic E-state index is 12.7. The third-order valence-corrected chi connectivity index (χ3v) is 4.16. The van der Waals surface area contributed by atoms with Gasteiger partial charge in [0, 0.05) is 6.04 Å². The summed E-state index contributed by atoms with van der Waals surface area (Å²) in [6.45, 7) is 0.617. The van der Waals surface area contributed by atoms with Crippen molar-refractivity contribution < 1.29 is 23.1 Å². The van der Waals surface area contributed by atoms with Crippen molar-refractivity contribution in [2.75, 3.05) is 6.54 Å². The van der Waals surface area contributed by atoms with Crippen LogP contribution in [0.1, 0.15) is 38.5 Å². The predicted molar refractivity (Wildman–Crippen MR) is 59.2 cm³/mol. The highest BCUT2D eigenvalue weighted by atomic mass is 19.4. The summed E-state index contributed by atoms with van der Waals surface area (Å²) in [6, 6.07) is -0.795. The number of rotatable bonds is 2. The third kappa shape index (κ3) is 2.79. The Balaban J connectivity index is 2.02. The fraction of sp³-hybridized carbons (Fsp3) is 0.917. The third-order valence-electron chi connectivity index (χ3n) is 4.16. The Bertz CT molecular complexity index is 319. The molecule has 3 nitrogen and oxygen atoms in total. The van der Waals surface area contributed by atoms with Gasteiger partial charge in [0.2, 0.25) is 0 Å². The molecule has 1 aliphatic heterocycles. The predicted octanol–water partition coefficient (Wildman–Crippen LogP) is 2.66. The summed E-state index contributed by atoms with van der Waals surface area (Å²) in [5.41, 5.74) is 0. The van der Waals surface area contributed by atoms with Crippen LogP contribution >= 0.6 is 0 Å². The Morgan fingerprint density at radius 1 is 1.17 bits per heavy atom. The van der Waals surface area contributed by atoms with E-state index in [9.17, 15) is 18.0 Å². The van der Waals surface area contributed by atoms with Crippen LogP contribution in [0.4, 0.5) is 13.2 Å². The maximum Gasteiger partial charge on any atom is 0.391 e. The first-order valence-corrected chi connectivity index (χ1v) is 6.45. The first kappa shape index (κ1) is 13.6. The van der Waals surface area contributed by atoms with Crippen LogP contribution in [0.2, 0.25) is 0 Å². The molecule has 3 unspecified atom stereocenters. The first-order chi connectivity index (χ1) is 8.39. The monoisotopic (exact) mass is 265 g/mol. The van der Waals surface area contributed by atoms with Gasteiger partial charge in [-0.05, 0) is 38.6 Å². The molecule has 0 aromatic carbocycles. The second kappa shape index (κ2) is 5.07. The van der Waals surface area contributed by atoms with Crippen molar-refractivity contribution in [3.63, 3.8) is 0 Å². The minimum atomic E-state index is -4.14. The number of likely N-dealkylation sites (tertiary alicyclic amines) is 1. The van der Waals surface area contributed by atoms with Crippen molar-refractivity contribution in [1.82, 2.24) is 4.90 Å². The van der Waals surface area contributed by atoms with Crippen LogP contribution in [0.25, 0.3) is 0 Å². The molecular formula is C12H18F3NO2.